The summed E-state index contributed by atoms with van der Waals surface area (Å²) in [5.41, 5.74) is 6.70. The van der Waals surface area contributed by atoms with Crippen LogP contribution in [0.2, 0.25) is 0 Å². The minimum absolute atomic E-state index is 0.0841. The Balaban J connectivity index is 1.99. The molecule has 1 fully saturated rings. The summed E-state index contributed by atoms with van der Waals surface area (Å²) in [4.78, 5) is 13.0. The van der Waals surface area contributed by atoms with Gasteiger partial charge in [0.1, 0.15) is 0 Å². The molecule has 1 atom stereocenters. The van der Waals surface area contributed by atoms with Crippen molar-refractivity contribution in [1.82, 2.24) is 4.90 Å². The Morgan fingerprint density at radius 3 is 2.47 bits per heavy atom. The van der Waals surface area contributed by atoms with Crippen LogP contribution in [-0.4, -0.2) is 43.8 Å². The van der Waals surface area contributed by atoms with Crippen LogP contribution in [-0.2, 0) is 16.4 Å². The van der Waals surface area contributed by atoms with Gasteiger partial charge in [0.05, 0.1) is 11.5 Å². The summed E-state index contributed by atoms with van der Waals surface area (Å²) in [6.45, 7) is 0.666. The Hall–Kier alpha value is -1.40. The molecule has 0 spiro atoms. The molecule has 1 aromatic carbocycles. The first-order valence-electron chi connectivity index (χ1n) is 6.17. The Bertz CT molecular complexity index is 566. The van der Waals surface area contributed by atoms with Crippen LogP contribution in [0.3, 0.4) is 0 Å². The molecule has 1 aliphatic rings. The largest absolute Gasteiger partial charge is 0.366 e. The van der Waals surface area contributed by atoms with Gasteiger partial charge in [0.2, 0.25) is 5.91 Å². The zero-order valence-electron chi connectivity index (χ0n) is 10.9. The van der Waals surface area contributed by atoms with E-state index in [1.54, 1.807) is 12.1 Å². The summed E-state index contributed by atoms with van der Waals surface area (Å²) >= 11 is 0. The lowest BCUT2D eigenvalue weighted by Crippen LogP contribution is -2.32. The third-order valence-electron chi connectivity index (χ3n) is 3.50. The number of rotatable bonds is 4. The van der Waals surface area contributed by atoms with Crippen LogP contribution >= 0.6 is 0 Å². The van der Waals surface area contributed by atoms with Gasteiger partial charge in [-0.2, -0.15) is 0 Å². The fourth-order valence-corrected chi connectivity index (χ4v) is 4.12. The molecule has 104 valence electrons. The van der Waals surface area contributed by atoms with Crippen molar-refractivity contribution in [3.8, 4) is 0 Å². The quantitative estimate of drug-likeness (QED) is 0.867. The number of carbonyl (C=O) groups is 1. The number of hydrogen-bond donors (Lipinski definition) is 1. The van der Waals surface area contributed by atoms with Crippen molar-refractivity contribution in [1.29, 1.82) is 0 Å². The number of hydrogen-bond acceptors (Lipinski definition) is 4. The van der Waals surface area contributed by atoms with Gasteiger partial charge in [0, 0.05) is 18.2 Å². The Kier molecular flexibility index (Phi) is 3.91. The molecule has 6 heteroatoms. The molecule has 1 amide bonds. The van der Waals surface area contributed by atoms with Crippen LogP contribution < -0.4 is 5.73 Å². The Labute approximate surface area is 113 Å². The minimum Gasteiger partial charge on any atom is -0.366 e. The Morgan fingerprint density at radius 2 is 2.00 bits per heavy atom. The summed E-state index contributed by atoms with van der Waals surface area (Å²) in [7, 11) is -0.929. The van der Waals surface area contributed by atoms with E-state index >= 15 is 0 Å². The first-order chi connectivity index (χ1) is 8.87. The number of amides is 1. The molecule has 0 radical (unpaired) electrons. The van der Waals surface area contributed by atoms with E-state index in [9.17, 15) is 13.2 Å². The maximum atomic E-state index is 11.4. The summed E-state index contributed by atoms with van der Waals surface area (Å²) in [5, 5.41) is 0. The van der Waals surface area contributed by atoms with E-state index in [0.717, 1.165) is 5.56 Å². The third-order valence-corrected chi connectivity index (χ3v) is 5.25. The molecule has 1 saturated heterocycles. The number of nitrogens with zero attached hydrogens (tertiary/aromatic N) is 1. The van der Waals surface area contributed by atoms with E-state index < -0.39 is 15.7 Å². The molecular formula is C13H18N2O3S. The second-order valence-corrected chi connectivity index (χ2v) is 7.26. The molecule has 1 aliphatic heterocycles. The minimum atomic E-state index is -2.85. The van der Waals surface area contributed by atoms with Gasteiger partial charge in [-0.15, -0.1) is 0 Å². The maximum absolute atomic E-state index is 11.4. The van der Waals surface area contributed by atoms with E-state index in [1.165, 1.54) is 0 Å². The van der Waals surface area contributed by atoms with Gasteiger partial charge >= 0.3 is 0 Å². The molecule has 0 aromatic heterocycles. The fraction of sp³-hybridized carbons (Fsp3) is 0.462. The van der Waals surface area contributed by atoms with Gasteiger partial charge < -0.3 is 5.73 Å². The zero-order chi connectivity index (χ0) is 14.0. The Morgan fingerprint density at radius 1 is 1.37 bits per heavy atom. The predicted molar refractivity (Wildman–Crippen MR) is 73.5 cm³/mol. The molecule has 1 unspecified atom stereocenters. The van der Waals surface area contributed by atoms with Gasteiger partial charge in [-0.25, -0.2) is 8.42 Å². The van der Waals surface area contributed by atoms with Crippen molar-refractivity contribution in [3.05, 3.63) is 35.4 Å². The van der Waals surface area contributed by atoms with E-state index in [2.05, 4.69) is 0 Å². The second-order valence-electron chi connectivity index (χ2n) is 5.03. The SMILES string of the molecule is CN(Cc1ccc(C(N)=O)cc1)C1CCS(=O)(=O)C1. The standard InChI is InChI=1S/C13H18N2O3S/c1-15(12-6-7-19(17,18)9-12)8-10-2-4-11(5-3-10)13(14)16/h2-5,12H,6-9H2,1H3,(H2,14,16). The van der Waals surface area contributed by atoms with Gasteiger partial charge in [-0.05, 0) is 31.2 Å². The molecule has 19 heavy (non-hydrogen) atoms. The highest BCUT2D eigenvalue weighted by molar-refractivity contribution is 7.91. The fourth-order valence-electron chi connectivity index (χ4n) is 2.31. The van der Waals surface area contributed by atoms with E-state index in [1.807, 2.05) is 24.1 Å². The van der Waals surface area contributed by atoms with Crippen LogP contribution in [0.4, 0.5) is 0 Å². The van der Waals surface area contributed by atoms with Crippen molar-refractivity contribution in [2.45, 2.75) is 19.0 Å². The van der Waals surface area contributed by atoms with Crippen LogP contribution in [0, 0.1) is 0 Å². The highest BCUT2D eigenvalue weighted by Gasteiger charge is 2.30. The summed E-state index contributed by atoms with van der Waals surface area (Å²) in [6, 6.07) is 7.16. The highest BCUT2D eigenvalue weighted by Crippen LogP contribution is 2.18. The number of nitrogens with two attached hydrogens (primary N) is 1. The first kappa shape index (κ1) is 14.0. The molecule has 2 rings (SSSR count). The smallest absolute Gasteiger partial charge is 0.248 e. The molecule has 0 bridgehead atoms. The van der Waals surface area contributed by atoms with E-state index in [4.69, 9.17) is 5.73 Å². The average Bonchev–Trinajstić information content (AvgIpc) is 2.70. The highest BCUT2D eigenvalue weighted by atomic mass is 32.2. The number of sulfone groups is 1. The van der Waals surface area contributed by atoms with Crippen molar-refractivity contribution >= 4 is 15.7 Å². The molecule has 0 aliphatic carbocycles. The van der Waals surface area contributed by atoms with Crippen LogP contribution in [0.1, 0.15) is 22.3 Å². The topological polar surface area (TPSA) is 80.5 Å². The third kappa shape index (κ3) is 3.54. The lowest BCUT2D eigenvalue weighted by Gasteiger charge is -2.23. The van der Waals surface area contributed by atoms with Gasteiger partial charge in [-0.1, -0.05) is 12.1 Å². The number of carbonyl (C=O) groups excluding carboxylic acids is 1. The van der Waals surface area contributed by atoms with E-state index in [-0.39, 0.29) is 17.5 Å². The monoisotopic (exact) mass is 282 g/mol. The van der Waals surface area contributed by atoms with Crippen molar-refractivity contribution in [2.24, 2.45) is 5.73 Å². The van der Waals surface area contributed by atoms with Crippen LogP contribution in [0.25, 0.3) is 0 Å². The zero-order valence-corrected chi connectivity index (χ0v) is 11.7. The summed E-state index contributed by atoms with van der Waals surface area (Å²) in [5.74, 6) is 0.0765. The summed E-state index contributed by atoms with van der Waals surface area (Å²) in [6.07, 6.45) is 0.693. The van der Waals surface area contributed by atoms with Gasteiger partial charge in [0.15, 0.2) is 9.84 Å². The first-order valence-corrected chi connectivity index (χ1v) is 7.99. The summed E-state index contributed by atoms with van der Waals surface area (Å²) < 4.78 is 22.9. The molecular weight excluding hydrogens is 264 g/mol. The number of primary amides is 1. The van der Waals surface area contributed by atoms with E-state index in [0.29, 0.717) is 18.5 Å². The average molecular weight is 282 g/mol. The van der Waals surface area contributed by atoms with Crippen LogP contribution in [0.5, 0.6) is 0 Å². The van der Waals surface area contributed by atoms with Crippen molar-refractivity contribution in [3.63, 3.8) is 0 Å². The molecule has 0 saturated carbocycles. The lowest BCUT2D eigenvalue weighted by molar-refractivity contribution is 0.1000. The maximum Gasteiger partial charge on any atom is 0.248 e. The second kappa shape index (κ2) is 5.30. The van der Waals surface area contributed by atoms with Crippen molar-refractivity contribution < 1.29 is 13.2 Å². The predicted octanol–water partition coefficient (Wildman–Crippen LogP) is 0.404. The molecule has 5 nitrogen and oxygen atoms in total. The number of benzene rings is 1. The molecule has 1 heterocycles. The van der Waals surface area contributed by atoms with Gasteiger partial charge in [-0.3, -0.25) is 9.69 Å². The molecule has 1 aromatic rings. The van der Waals surface area contributed by atoms with Gasteiger partial charge in [0.25, 0.3) is 0 Å². The normalized spacial score (nSPS) is 21.7. The van der Waals surface area contributed by atoms with Crippen molar-refractivity contribution in [2.75, 3.05) is 18.6 Å². The van der Waals surface area contributed by atoms with Crippen LogP contribution in [0.15, 0.2) is 24.3 Å². The molecule has 2 N–H and O–H groups in total. The lowest BCUT2D eigenvalue weighted by atomic mass is 10.1.